The van der Waals surface area contributed by atoms with E-state index in [1.165, 1.54) is 6.07 Å². The lowest BCUT2D eigenvalue weighted by Gasteiger charge is -2.08. The minimum absolute atomic E-state index is 0.0649. The number of sulfonamides is 1. The molecule has 3 aromatic rings. The van der Waals surface area contributed by atoms with Crippen molar-refractivity contribution in [3.63, 3.8) is 0 Å². The van der Waals surface area contributed by atoms with Crippen LogP contribution in [0.5, 0.6) is 0 Å². The maximum absolute atomic E-state index is 12.4. The van der Waals surface area contributed by atoms with Crippen LogP contribution >= 0.6 is 15.9 Å². The van der Waals surface area contributed by atoms with Gasteiger partial charge in [0.15, 0.2) is 5.52 Å². The third-order valence-corrected chi connectivity index (χ3v) is 6.31. The van der Waals surface area contributed by atoms with Crippen molar-refractivity contribution in [3.8, 4) is 0 Å². The van der Waals surface area contributed by atoms with E-state index in [0.29, 0.717) is 25.0 Å². The van der Waals surface area contributed by atoms with Gasteiger partial charge >= 0.3 is 0 Å². The molecule has 0 aliphatic carbocycles. The van der Waals surface area contributed by atoms with Crippen LogP contribution in [0.4, 0.5) is 0 Å². The predicted octanol–water partition coefficient (Wildman–Crippen LogP) is 2.17. The quantitative estimate of drug-likeness (QED) is 0.621. The van der Waals surface area contributed by atoms with E-state index in [-0.39, 0.29) is 10.4 Å². The fourth-order valence-corrected chi connectivity index (χ4v) is 3.91. The van der Waals surface area contributed by atoms with E-state index in [1.807, 2.05) is 18.5 Å². The number of hydrogen-bond donors (Lipinski definition) is 1. The summed E-state index contributed by atoms with van der Waals surface area (Å²) < 4.78 is 34.9. The summed E-state index contributed by atoms with van der Waals surface area (Å²) in [5.41, 5.74) is 2.57. The van der Waals surface area contributed by atoms with Crippen molar-refractivity contribution in [1.82, 2.24) is 24.8 Å². The molecule has 128 valence electrons. The standard InChI is InChI=1S/C14H16BrN5O3S/c1-9-13(15)10(2)20(17-9)8-4-7-16-24(21,22)12-6-3-5-11-14(12)19-23-18-11/h3,5-6,16H,4,7-8H2,1-2H3. The van der Waals surface area contributed by atoms with Crippen molar-refractivity contribution in [2.75, 3.05) is 6.54 Å². The highest BCUT2D eigenvalue weighted by Gasteiger charge is 2.19. The molecule has 0 saturated carbocycles. The van der Waals surface area contributed by atoms with Gasteiger partial charge in [0.1, 0.15) is 10.4 Å². The first-order valence-corrected chi connectivity index (χ1v) is 9.58. The van der Waals surface area contributed by atoms with Crippen LogP contribution in [0.3, 0.4) is 0 Å². The molecule has 24 heavy (non-hydrogen) atoms. The molecule has 0 saturated heterocycles. The highest BCUT2D eigenvalue weighted by Crippen LogP contribution is 2.20. The zero-order valence-electron chi connectivity index (χ0n) is 13.2. The Morgan fingerprint density at radius 2 is 2.08 bits per heavy atom. The maximum Gasteiger partial charge on any atom is 0.242 e. The Balaban J connectivity index is 1.65. The number of hydrogen-bond acceptors (Lipinski definition) is 6. The average molecular weight is 414 g/mol. The van der Waals surface area contributed by atoms with Crippen molar-refractivity contribution >= 4 is 37.0 Å². The third-order valence-electron chi connectivity index (χ3n) is 3.67. The first-order valence-electron chi connectivity index (χ1n) is 7.30. The molecular formula is C14H16BrN5O3S. The van der Waals surface area contributed by atoms with E-state index >= 15 is 0 Å². The van der Waals surface area contributed by atoms with Gasteiger partial charge in [0.2, 0.25) is 10.0 Å². The van der Waals surface area contributed by atoms with Crippen LogP contribution in [0.2, 0.25) is 0 Å². The number of benzene rings is 1. The van der Waals surface area contributed by atoms with Crippen LogP contribution in [0.25, 0.3) is 11.0 Å². The molecule has 2 heterocycles. The first-order chi connectivity index (χ1) is 11.4. The normalized spacial score (nSPS) is 12.1. The summed E-state index contributed by atoms with van der Waals surface area (Å²) in [6.45, 7) is 4.80. The van der Waals surface area contributed by atoms with Gasteiger partial charge in [-0.25, -0.2) is 17.8 Å². The van der Waals surface area contributed by atoms with Crippen molar-refractivity contribution in [2.45, 2.75) is 31.7 Å². The monoisotopic (exact) mass is 413 g/mol. The maximum atomic E-state index is 12.4. The van der Waals surface area contributed by atoms with Crippen LogP contribution in [0.1, 0.15) is 17.8 Å². The second-order valence-electron chi connectivity index (χ2n) is 5.35. The fourth-order valence-electron chi connectivity index (χ4n) is 2.40. The molecule has 10 heteroatoms. The van der Waals surface area contributed by atoms with Gasteiger partial charge in [-0.3, -0.25) is 4.68 Å². The average Bonchev–Trinajstić information content (AvgIpc) is 3.12. The van der Waals surface area contributed by atoms with Crippen molar-refractivity contribution < 1.29 is 13.0 Å². The Labute approximate surface area is 147 Å². The topological polar surface area (TPSA) is 103 Å². The van der Waals surface area contributed by atoms with E-state index in [2.05, 4.69) is 40.7 Å². The Kier molecular flexibility index (Phi) is 4.70. The van der Waals surface area contributed by atoms with Crippen molar-refractivity contribution in [1.29, 1.82) is 0 Å². The highest BCUT2D eigenvalue weighted by molar-refractivity contribution is 9.10. The second-order valence-corrected chi connectivity index (χ2v) is 7.88. The van der Waals surface area contributed by atoms with Crippen LogP contribution in [-0.4, -0.2) is 35.1 Å². The Bertz CT molecular complexity index is 980. The van der Waals surface area contributed by atoms with Gasteiger partial charge < -0.3 is 0 Å². The SMILES string of the molecule is Cc1nn(CCCNS(=O)(=O)c2cccc3nonc23)c(C)c1Br. The summed E-state index contributed by atoms with van der Waals surface area (Å²) in [7, 11) is -3.68. The zero-order chi connectivity index (χ0) is 17.3. The number of fused-ring (bicyclic) bond motifs is 1. The first kappa shape index (κ1) is 17.1. The summed E-state index contributed by atoms with van der Waals surface area (Å²) in [6, 6.07) is 4.73. The van der Waals surface area contributed by atoms with Gasteiger partial charge in [-0.05, 0) is 58.6 Å². The van der Waals surface area contributed by atoms with E-state index in [9.17, 15) is 8.42 Å². The molecule has 0 aliphatic heterocycles. The molecule has 0 amide bonds. The highest BCUT2D eigenvalue weighted by atomic mass is 79.9. The van der Waals surface area contributed by atoms with Gasteiger partial charge in [-0.1, -0.05) is 6.07 Å². The van der Waals surface area contributed by atoms with E-state index < -0.39 is 10.0 Å². The number of nitrogens with one attached hydrogen (secondary N) is 1. The number of rotatable bonds is 6. The van der Waals surface area contributed by atoms with Gasteiger partial charge in [-0.15, -0.1) is 0 Å². The van der Waals surface area contributed by atoms with E-state index in [0.717, 1.165) is 15.9 Å². The van der Waals surface area contributed by atoms with Gasteiger partial charge in [-0.2, -0.15) is 5.10 Å². The van der Waals surface area contributed by atoms with E-state index in [1.54, 1.807) is 12.1 Å². The van der Waals surface area contributed by atoms with Gasteiger partial charge in [0.25, 0.3) is 0 Å². The largest absolute Gasteiger partial charge is 0.268 e. The number of nitrogens with zero attached hydrogens (tertiary/aromatic N) is 4. The van der Waals surface area contributed by atoms with Crippen LogP contribution in [0.15, 0.2) is 32.2 Å². The van der Waals surface area contributed by atoms with E-state index in [4.69, 9.17) is 0 Å². The molecular weight excluding hydrogens is 398 g/mol. The lowest BCUT2D eigenvalue weighted by Crippen LogP contribution is -2.26. The summed E-state index contributed by atoms with van der Waals surface area (Å²) in [6.07, 6.45) is 0.612. The molecule has 0 unspecified atom stereocenters. The predicted molar refractivity (Wildman–Crippen MR) is 91.0 cm³/mol. The lowest BCUT2D eigenvalue weighted by molar-refractivity contribution is 0.315. The molecule has 1 aromatic carbocycles. The zero-order valence-corrected chi connectivity index (χ0v) is 15.6. The molecule has 0 aliphatic rings. The molecule has 2 aromatic heterocycles. The Morgan fingerprint density at radius 3 is 2.79 bits per heavy atom. The molecule has 0 bridgehead atoms. The smallest absolute Gasteiger partial charge is 0.242 e. The number of aromatic nitrogens is 4. The summed E-state index contributed by atoms with van der Waals surface area (Å²) in [5, 5.41) is 11.7. The fraction of sp³-hybridized carbons (Fsp3) is 0.357. The summed E-state index contributed by atoms with van der Waals surface area (Å²) in [4.78, 5) is 0.0649. The molecule has 0 spiro atoms. The summed E-state index contributed by atoms with van der Waals surface area (Å²) >= 11 is 3.47. The lowest BCUT2D eigenvalue weighted by atomic mass is 10.3. The molecule has 3 rings (SSSR count). The van der Waals surface area contributed by atoms with Crippen LogP contribution < -0.4 is 4.72 Å². The van der Waals surface area contributed by atoms with Crippen molar-refractivity contribution in [3.05, 3.63) is 34.1 Å². The molecule has 0 fully saturated rings. The second kappa shape index (κ2) is 6.61. The van der Waals surface area contributed by atoms with Gasteiger partial charge in [0.05, 0.1) is 10.2 Å². The molecule has 0 atom stereocenters. The summed E-state index contributed by atoms with van der Waals surface area (Å²) in [5.74, 6) is 0. The van der Waals surface area contributed by atoms with Crippen molar-refractivity contribution in [2.24, 2.45) is 0 Å². The third kappa shape index (κ3) is 3.21. The minimum Gasteiger partial charge on any atom is -0.268 e. The van der Waals surface area contributed by atoms with Crippen LogP contribution in [0, 0.1) is 13.8 Å². The molecule has 0 radical (unpaired) electrons. The minimum atomic E-state index is -3.68. The van der Waals surface area contributed by atoms with Gasteiger partial charge in [0, 0.05) is 18.8 Å². The number of aryl methyl sites for hydroxylation is 2. The Morgan fingerprint density at radius 1 is 1.29 bits per heavy atom. The van der Waals surface area contributed by atoms with Crippen LogP contribution in [-0.2, 0) is 16.6 Å². The Hall–Kier alpha value is -1.78. The number of halogens is 1. The molecule has 1 N–H and O–H groups in total. The molecule has 8 nitrogen and oxygen atoms in total.